The molecular weight excluding hydrogens is 158 g/mol. The van der Waals surface area contributed by atoms with Crippen molar-refractivity contribution in [2.24, 2.45) is 11.8 Å². The van der Waals surface area contributed by atoms with Crippen molar-refractivity contribution >= 4 is 0 Å². The maximum absolute atomic E-state index is 2.44. The Bertz CT molecular complexity index is 85.3. The Morgan fingerprint density at radius 1 is 0.846 bits per heavy atom. The van der Waals surface area contributed by atoms with Crippen LogP contribution in [0.2, 0.25) is 0 Å². The predicted octanol–water partition coefficient (Wildman–Crippen LogP) is 3.65. The van der Waals surface area contributed by atoms with Gasteiger partial charge in [0.05, 0.1) is 0 Å². The van der Waals surface area contributed by atoms with Crippen molar-refractivity contribution < 1.29 is 0 Å². The second-order valence-electron chi connectivity index (χ2n) is 4.67. The molecule has 82 valence electrons. The van der Waals surface area contributed by atoms with Crippen molar-refractivity contribution in [2.75, 3.05) is 20.1 Å². The molecule has 0 saturated carbocycles. The van der Waals surface area contributed by atoms with Crippen molar-refractivity contribution in [1.29, 1.82) is 0 Å². The molecule has 0 fully saturated rings. The molecule has 0 amide bonds. The van der Waals surface area contributed by atoms with Gasteiger partial charge in [0.1, 0.15) is 0 Å². The largest absolute Gasteiger partial charge is 0.306 e. The third kappa shape index (κ3) is 12.0. The van der Waals surface area contributed by atoms with Crippen LogP contribution >= 0.6 is 0 Å². The van der Waals surface area contributed by atoms with Gasteiger partial charge in [0.15, 0.2) is 0 Å². The second-order valence-corrected chi connectivity index (χ2v) is 4.67. The summed E-state index contributed by atoms with van der Waals surface area (Å²) >= 11 is 0. The van der Waals surface area contributed by atoms with Gasteiger partial charge in [-0.25, -0.2) is 0 Å². The Kier molecular flexibility index (Phi) is 10.2. The summed E-state index contributed by atoms with van der Waals surface area (Å²) in [6.07, 6.45) is 2.66. The van der Waals surface area contributed by atoms with Gasteiger partial charge in [0.25, 0.3) is 0 Å². The van der Waals surface area contributed by atoms with Crippen LogP contribution in [-0.2, 0) is 0 Å². The van der Waals surface area contributed by atoms with Crippen LogP contribution in [0.25, 0.3) is 0 Å². The van der Waals surface area contributed by atoms with Crippen molar-refractivity contribution in [3.8, 4) is 0 Å². The first-order valence-electron chi connectivity index (χ1n) is 5.21. The van der Waals surface area contributed by atoms with E-state index in [1.165, 1.54) is 25.9 Å². The van der Waals surface area contributed by atoms with E-state index in [0.29, 0.717) is 0 Å². The topological polar surface area (TPSA) is 3.24 Å². The van der Waals surface area contributed by atoms with Crippen molar-refractivity contribution in [3.05, 3.63) is 0 Å². The van der Waals surface area contributed by atoms with Crippen LogP contribution in [0.3, 0.4) is 0 Å². The summed E-state index contributed by atoms with van der Waals surface area (Å²) in [4.78, 5) is 2.44. The highest BCUT2D eigenvalue weighted by Gasteiger charge is 2.01. The summed E-state index contributed by atoms with van der Waals surface area (Å²) in [6.45, 7) is 11.7. The van der Waals surface area contributed by atoms with E-state index in [1.807, 2.05) is 0 Å². The molecule has 0 rings (SSSR count). The third-order valence-corrected chi connectivity index (χ3v) is 2.18. The monoisotopic (exact) mass is 187 g/mol. The molecule has 0 aliphatic rings. The number of rotatable bonds is 6. The second kappa shape index (κ2) is 8.55. The molecule has 0 bridgehead atoms. The molecule has 0 unspecified atom stereocenters. The van der Waals surface area contributed by atoms with E-state index in [2.05, 4.69) is 39.6 Å². The Balaban J connectivity index is 0. The fourth-order valence-corrected chi connectivity index (χ4v) is 1.07. The highest BCUT2D eigenvalue weighted by atomic mass is 15.1. The highest BCUT2D eigenvalue weighted by Crippen LogP contribution is 2.04. The van der Waals surface area contributed by atoms with Gasteiger partial charge in [-0.15, -0.1) is 0 Å². The van der Waals surface area contributed by atoms with Crippen LogP contribution in [0, 0.1) is 11.8 Å². The minimum atomic E-state index is 0. The lowest BCUT2D eigenvalue weighted by atomic mass is 10.1. The van der Waals surface area contributed by atoms with Gasteiger partial charge in [-0.2, -0.15) is 0 Å². The molecule has 1 heteroatoms. The van der Waals surface area contributed by atoms with Crippen LogP contribution < -0.4 is 0 Å². The zero-order chi connectivity index (χ0) is 9.56. The number of hydrogen-bond donors (Lipinski definition) is 0. The SMILES string of the molecule is C.CC(C)CCN(C)CCC(C)C. The number of hydrogen-bond acceptors (Lipinski definition) is 1. The van der Waals surface area contributed by atoms with Gasteiger partial charge in [-0.3, -0.25) is 0 Å². The smallest absolute Gasteiger partial charge is 0.00193 e. The van der Waals surface area contributed by atoms with Gasteiger partial charge < -0.3 is 4.90 Å². The molecule has 0 N–H and O–H groups in total. The van der Waals surface area contributed by atoms with E-state index >= 15 is 0 Å². The maximum atomic E-state index is 2.44. The van der Waals surface area contributed by atoms with E-state index in [9.17, 15) is 0 Å². The normalized spacial score (nSPS) is 11.1. The highest BCUT2D eigenvalue weighted by molar-refractivity contribution is 4.55. The van der Waals surface area contributed by atoms with Crippen molar-refractivity contribution in [1.82, 2.24) is 4.90 Å². The van der Waals surface area contributed by atoms with E-state index in [-0.39, 0.29) is 7.43 Å². The fourth-order valence-electron chi connectivity index (χ4n) is 1.07. The minimum absolute atomic E-state index is 0. The van der Waals surface area contributed by atoms with E-state index in [0.717, 1.165) is 11.8 Å². The van der Waals surface area contributed by atoms with Crippen LogP contribution in [0.5, 0.6) is 0 Å². The van der Waals surface area contributed by atoms with Crippen LogP contribution in [-0.4, -0.2) is 25.0 Å². The summed E-state index contributed by atoms with van der Waals surface area (Å²) in [5.74, 6) is 1.68. The summed E-state index contributed by atoms with van der Waals surface area (Å²) in [5, 5.41) is 0. The average molecular weight is 187 g/mol. The fraction of sp³-hybridized carbons (Fsp3) is 1.00. The molecule has 0 atom stereocenters. The Morgan fingerprint density at radius 3 is 1.38 bits per heavy atom. The summed E-state index contributed by atoms with van der Waals surface area (Å²) in [5.41, 5.74) is 0. The maximum Gasteiger partial charge on any atom is -0.00193 e. The summed E-state index contributed by atoms with van der Waals surface area (Å²) in [6, 6.07) is 0. The Morgan fingerprint density at radius 2 is 1.15 bits per heavy atom. The van der Waals surface area contributed by atoms with Gasteiger partial charge in [-0.1, -0.05) is 35.1 Å². The molecule has 0 aromatic heterocycles. The Hall–Kier alpha value is -0.0400. The first-order valence-corrected chi connectivity index (χ1v) is 5.21. The standard InChI is InChI=1S/C11H25N.CH4/c1-10(2)6-8-12(5)9-7-11(3)4;/h10-11H,6-9H2,1-5H3;1H4. The van der Waals surface area contributed by atoms with Gasteiger partial charge in [0, 0.05) is 0 Å². The first kappa shape index (κ1) is 15.4. The zero-order valence-electron chi connectivity index (χ0n) is 9.43. The lowest BCUT2D eigenvalue weighted by molar-refractivity contribution is 0.292. The van der Waals surface area contributed by atoms with Crippen LogP contribution in [0.1, 0.15) is 48.0 Å². The molecule has 0 aromatic rings. The number of nitrogens with zero attached hydrogens (tertiary/aromatic N) is 1. The lowest BCUT2D eigenvalue weighted by Gasteiger charge is -2.18. The minimum Gasteiger partial charge on any atom is -0.306 e. The summed E-state index contributed by atoms with van der Waals surface area (Å²) in [7, 11) is 2.23. The Labute approximate surface area is 85.5 Å². The van der Waals surface area contributed by atoms with Crippen molar-refractivity contribution in [2.45, 2.75) is 48.0 Å². The molecule has 13 heavy (non-hydrogen) atoms. The van der Waals surface area contributed by atoms with E-state index in [4.69, 9.17) is 0 Å². The molecule has 0 radical (unpaired) electrons. The van der Waals surface area contributed by atoms with E-state index in [1.54, 1.807) is 0 Å². The molecule has 0 heterocycles. The molecule has 0 aliphatic carbocycles. The third-order valence-electron chi connectivity index (χ3n) is 2.18. The van der Waals surface area contributed by atoms with Crippen LogP contribution in [0.15, 0.2) is 0 Å². The first-order chi connectivity index (χ1) is 5.52. The average Bonchev–Trinajstić information content (AvgIpc) is 1.96. The zero-order valence-corrected chi connectivity index (χ0v) is 9.43. The van der Waals surface area contributed by atoms with Gasteiger partial charge >= 0.3 is 0 Å². The quantitative estimate of drug-likeness (QED) is 0.613. The summed E-state index contributed by atoms with van der Waals surface area (Å²) < 4.78 is 0. The molecule has 0 aliphatic heterocycles. The van der Waals surface area contributed by atoms with Gasteiger partial charge in [-0.05, 0) is 44.8 Å². The van der Waals surface area contributed by atoms with Crippen LogP contribution in [0.4, 0.5) is 0 Å². The molecule has 0 spiro atoms. The van der Waals surface area contributed by atoms with E-state index < -0.39 is 0 Å². The predicted molar refractivity (Wildman–Crippen MR) is 63.1 cm³/mol. The van der Waals surface area contributed by atoms with Crippen molar-refractivity contribution in [3.63, 3.8) is 0 Å². The van der Waals surface area contributed by atoms with Gasteiger partial charge in [0.2, 0.25) is 0 Å². The lowest BCUT2D eigenvalue weighted by Crippen LogP contribution is -2.23. The molecule has 0 aromatic carbocycles. The molecule has 0 saturated heterocycles. The molecule has 1 nitrogen and oxygen atoms in total. The molecular formula is C12H29N.